The van der Waals surface area contributed by atoms with Crippen LogP contribution in [0.15, 0.2) is 0 Å². The lowest BCUT2D eigenvalue weighted by Crippen LogP contribution is -2.67. The van der Waals surface area contributed by atoms with E-state index in [2.05, 4.69) is 34.6 Å². The van der Waals surface area contributed by atoms with Crippen LogP contribution >= 0.6 is 0 Å². The Morgan fingerprint density at radius 3 is 2.45 bits per heavy atom. The smallest absolute Gasteiger partial charge is 0.165 e. The molecule has 4 rings (SSSR count). The van der Waals surface area contributed by atoms with Crippen molar-refractivity contribution in [2.24, 2.45) is 46.3 Å². The summed E-state index contributed by atoms with van der Waals surface area (Å²) in [5.74, 6) is 4.14. The normalized spacial score (nSPS) is 48.3. The molecule has 0 unspecified atom stereocenters. The first-order valence-electron chi connectivity index (χ1n) is 13.3. The second-order valence-corrected chi connectivity index (χ2v) is 12.9. The number of aliphatic hydroxyl groups is 1. The van der Waals surface area contributed by atoms with Gasteiger partial charge in [0.15, 0.2) is 5.78 Å². The molecule has 4 saturated carbocycles. The minimum Gasteiger partial charge on any atom is -0.381 e. The van der Waals surface area contributed by atoms with Gasteiger partial charge in [-0.1, -0.05) is 53.9 Å². The van der Waals surface area contributed by atoms with E-state index in [1.165, 1.54) is 44.9 Å². The second kappa shape index (κ2) is 8.42. The summed E-state index contributed by atoms with van der Waals surface area (Å²) < 4.78 is 5.60. The quantitative estimate of drug-likeness (QED) is 0.527. The van der Waals surface area contributed by atoms with Gasteiger partial charge in [-0.3, -0.25) is 4.79 Å². The maximum atomic E-state index is 13.5. The first kappa shape index (κ1) is 23.7. The molecule has 3 heteroatoms. The van der Waals surface area contributed by atoms with Crippen LogP contribution in [0.5, 0.6) is 0 Å². The van der Waals surface area contributed by atoms with Crippen molar-refractivity contribution in [3.63, 3.8) is 0 Å². The molecule has 0 spiro atoms. The zero-order valence-corrected chi connectivity index (χ0v) is 21.1. The van der Waals surface area contributed by atoms with Gasteiger partial charge >= 0.3 is 0 Å². The third-order valence-electron chi connectivity index (χ3n) is 11.1. The Kier molecular flexibility index (Phi) is 6.45. The molecule has 4 aliphatic rings. The first-order chi connectivity index (χ1) is 14.6. The Morgan fingerprint density at radius 1 is 1.03 bits per heavy atom. The lowest BCUT2D eigenvalue weighted by molar-refractivity contribution is -0.215. The Balaban J connectivity index is 1.53. The number of methoxy groups -OCH3 is 1. The van der Waals surface area contributed by atoms with Crippen molar-refractivity contribution < 1.29 is 14.6 Å². The average Bonchev–Trinajstić information content (AvgIpc) is 3.06. The van der Waals surface area contributed by atoms with Gasteiger partial charge in [-0.25, -0.2) is 0 Å². The lowest BCUT2D eigenvalue weighted by atomic mass is 9.42. The largest absolute Gasteiger partial charge is 0.381 e. The molecule has 9 atom stereocenters. The zero-order chi connectivity index (χ0) is 22.6. The number of fused-ring (bicyclic) bond motifs is 5. The van der Waals surface area contributed by atoms with Crippen molar-refractivity contribution in [1.29, 1.82) is 0 Å². The fraction of sp³-hybridized carbons (Fsp3) is 0.964. The fourth-order valence-corrected chi connectivity index (χ4v) is 9.23. The summed E-state index contributed by atoms with van der Waals surface area (Å²) in [6, 6.07) is 0. The highest BCUT2D eigenvalue weighted by Crippen LogP contribution is 2.68. The van der Waals surface area contributed by atoms with Crippen molar-refractivity contribution in [3.8, 4) is 0 Å². The standard InChI is InChI=1S/C28H48O3/c1-18(2)8-7-9-19(3)22-10-11-23-21-16-25(29)28(30)17-20(31-6)12-15-27(28,5)24(21)13-14-26(22,23)4/h18-24,30H,7-17H2,1-6H3/t19-,20+,21+,22+,23-,24+,26+,27+,28-/m0/s1. The molecular formula is C28H48O3. The van der Waals surface area contributed by atoms with Gasteiger partial charge < -0.3 is 9.84 Å². The summed E-state index contributed by atoms with van der Waals surface area (Å²) in [6.07, 6.45) is 12.2. The second-order valence-electron chi connectivity index (χ2n) is 12.9. The number of rotatable bonds is 6. The molecule has 0 radical (unpaired) electrons. The fourth-order valence-electron chi connectivity index (χ4n) is 9.23. The summed E-state index contributed by atoms with van der Waals surface area (Å²) >= 11 is 0. The molecule has 178 valence electrons. The van der Waals surface area contributed by atoms with Crippen LogP contribution in [0.3, 0.4) is 0 Å². The van der Waals surface area contributed by atoms with Gasteiger partial charge in [-0.2, -0.15) is 0 Å². The van der Waals surface area contributed by atoms with Crippen LogP contribution < -0.4 is 0 Å². The third kappa shape index (κ3) is 3.65. The monoisotopic (exact) mass is 432 g/mol. The molecular weight excluding hydrogens is 384 g/mol. The van der Waals surface area contributed by atoms with Crippen molar-refractivity contribution in [2.75, 3.05) is 7.11 Å². The third-order valence-corrected chi connectivity index (χ3v) is 11.1. The van der Waals surface area contributed by atoms with Crippen molar-refractivity contribution in [1.82, 2.24) is 0 Å². The van der Waals surface area contributed by atoms with Crippen LogP contribution in [-0.2, 0) is 9.53 Å². The minimum atomic E-state index is -1.18. The van der Waals surface area contributed by atoms with Gasteiger partial charge in [0.05, 0.1) is 6.10 Å². The molecule has 0 aromatic carbocycles. The molecule has 3 nitrogen and oxygen atoms in total. The highest BCUT2D eigenvalue weighted by Gasteiger charge is 2.67. The van der Waals surface area contributed by atoms with Crippen molar-refractivity contribution in [2.45, 2.75) is 117 Å². The molecule has 0 aromatic rings. The van der Waals surface area contributed by atoms with Crippen LogP contribution in [0, 0.1) is 46.3 Å². The van der Waals surface area contributed by atoms with Crippen LogP contribution in [-0.4, -0.2) is 29.7 Å². The first-order valence-corrected chi connectivity index (χ1v) is 13.3. The van der Waals surface area contributed by atoms with Gasteiger partial charge in [0.2, 0.25) is 0 Å². The number of carbonyl (C=O) groups is 1. The molecule has 4 aliphatic carbocycles. The van der Waals surface area contributed by atoms with Gasteiger partial charge in [0.1, 0.15) is 5.60 Å². The molecule has 31 heavy (non-hydrogen) atoms. The maximum Gasteiger partial charge on any atom is 0.165 e. The van der Waals surface area contributed by atoms with Gasteiger partial charge in [0, 0.05) is 25.4 Å². The molecule has 4 fully saturated rings. The van der Waals surface area contributed by atoms with E-state index in [0.717, 1.165) is 30.6 Å². The number of ether oxygens (including phenoxy) is 1. The van der Waals surface area contributed by atoms with Gasteiger partial charge in [-0.05, 0) is 79.4 Å². The number of carbonyl (C=O) groups excluding carboxylic acids is 1. The van der Waals surface area contributed by atoms with Gasteiger partial charge in [0.25, 0.3) is 0 Å². The topological polar surface area (TPSA) is 46.5 Å². The van der Waals surface area contributed by atoms with E-state index in [-0.39, 0.29) is 17.3 Å². The van der Waals surface area contributed by atoms with Crippen LogP contribution in [0.25, 0.3) is 0 Å². The highest BCUT2D eigenvalue weighted by atomic mass is 16.5. The van der Waals surface area contributed by atoms with E-state index in [9.17, 15) is 9.90 Å². The molecule has 0 amide bonds. The summed E-state index contributed by atoms with van der Waals surface area (Å²) in [6.45, 7) is 12.0. The average molecular weight is 433 g/mol. The van der Waals surface area contributed by atoms with E-state index in [0.29, 0.717) is 36.0 Å². The Hall–Kier alpha value is -0.410. The van der Waals surface area contributed by atoms with E-state index in [1.807, 2.05) is 0 Å². The number of Topliss-reactive ketones (excluding diaryl/α,β-unsaturated/α-hetero) is 1. The van der Waals surface area contributed by atoms with Gasteiger partial charge in [-0.15, -0.1) is 0 Å². The predicted octanol–water partition coefficient (Wildman–Crippen LogP) is 6.42. The molecule has 0 bridgehead atoms. The van der Waals surface area contributed by atoms with E-state index in [4.69, 9.17) is 4.74 Å². The molecule has 1 N–H and O–H groups in total. The van der Waals surface area contributed by atoms with Crippen LogP contribution in [0.1, 0.15) is 105 Å². The predicted molar refractivity (Wildman–Crippen MR) is 126 cm³/mol. The number of hydrogen-bond acceptors (Lipinski definition) is 3. The van der Waals surface area contributed by atoms with Crippen LogP contribution in [0.2, 0.25) is 0 Å². The zero-order valence-electron chi connectivity index (χ0n) is 21.1. The highest BCUT2D eigenvalue weighted by molar-refractivity contribution is 5.89. The van der Waals surface area contributed by atoms with Crippen LogP contribution in [0.4, 0.5) is 0 Å². The molecule has 0 heterocycles. The number of ketones is 1. The summed E-state index contributed by atoms with van der Waals surface area (Å²) in [7, 11) is 1.72. The summed E-state index contributed by atoms with van der Waals surface area (Å²) in [5.41, 5.74) is -1.07. The summed E-state index contributed by atoms with van der Waals surface area (Å²) in [5, 5.41) is 11.7. The van der Waals surface area contributed by atoms with E-state index >= 15 is 0 Å². The Morgan fingerprint density at radius 2 is 1.77 bits per heavy atom. The minimum absolute atomic E-state index is 0.0231. The Labute approximate surface area is 191 Å². The van der Waals surface area contributed by atoms with Crippen molar-refractivity contribution in [3.05, 3.63) is 0 Å². The number of hydrogen-bond donors (Lipinski definition) is 1. The molecule has 0 aromatic heterocycles. The summed E-state index contributed by atoms with van der Waals surface area (Å²) in [4.78, 5) is 13.5. The molecule has 0 aliphatic heterocycles. The lowest BCUT2D eigenvalue weighted by Gasteiger charge is -2.63. The Bertz CT molecular complexity index is 673. The van der Waals surface area contributed by atoms with Crippen molar-refractivity contribution >= 4 is 5.78 Å². The molecule has 0 saturated heterocycles. The SMILES string of the molecule is CO[C@@H]1CC[C@]2(C)[C@@H]3CC[C@]4(C)[C@@H]([C@@H](C)CCCC(C)C)CC[C@H]4[C@H]3CC(=O)[C@@]2(O)C1. The van der Waals surface area contributed by atoms with E-state index < -0.39 is 5.60 Å². The maximum absolute atomic E-state index is 13.5. The van der Waals surface area contributed by atoms with E-state index in [1.54, 1.807) is 7.11 Å².